The topological polar surface area (TPSA) is 43.8 Å². The van der Waals surface area contributed by atoms with E-state index in [1.54, 1.807) is 0 Å². The molecule has 1 unspecified atom stereocenters. The van der Waals surface area contributed by atoms with E-state index >= 15 is 0 Å². The molecule has 0 radical (unpaired) electrons. The van der Waals surface area contributed by atoms with Crippen LogP contribution in [0.4, 0.5) is 10.5 Å². The number of rotatable bonds is 5. The maximum Gasteiger partial charge on any atom is 0.411 e. The lowest BCUT2D eigenvalue weighted by molar-refractivity contribution is 0.202. The summed E-state index contributed by atoms with van der Waals surface area (Å²) in [4.78, 5) is 14.7. The average Bonchev–Trinajstić information content (AvgIpc) is 2.34. The number of hydrogen-bond donors (Lipinski definition) is 1. The van der Waals surface area contributed by atoms with Gasteiger partial charge in [0.05, 0.1) is 0 Å². The molecular weight excluding hydrogens is 228 g/mol. The van der Waals surface area contributed by atoms with Gasteiger partial charge in [0, 0.05) is 18.3 Å². The van der Waals surface area contributed by atoms with E-state index in [0.717, 1.165) is 17.7 Å². The zero-order chi connectivity index (χ0) is 13.7. The van der Waals surface area contributed by atoms with Gasteiger partial charge in [-0.25, -0.2) is 4.79 Å². The lowest BCUT2D eigenvalue weighted by Gasteiger charge is -2.23. The summed E-state index contributed by atoms with van der Waals surface area (Å²) in [5.41, 5.74) is 1.87. The van der Waals surface area contributed by atoms with Crippen molar-refractivity contribution in [3.63, 3.8) is 0 Å². The van der Waals surface area contributed by atoms with Crippen molar-refractivity contribution in [3.8, 4) is 0 Å². The number of carbonyl (C=O) groups is 1. The van der Waals surface area contributed by atoms with E-state index in [1.165, 1.54) is 4.90 Å². The molecule has 1 rings (SSSR count). The largest absolute Gasteiger partial charge is 0.465 e. The molecule has 0 aliphatic heterocycles. The second-order valence-electron chi connectivity index (χ2n) is 4.67. The van der Waals surface area contributed by atoms with E-state index in [2.05, 4.69) is 11.8 Å². The highest BCUT2D eigenvalue weighted by molar-refractivity contribution is 5.86. The molecule has 1 aromatic rings. The standard InChI is InChI=1S/C14H22N2O2/c1-5-9-16(14(17)18)13-8-6-7-12(10-13)11(2)15(3)4/h6-8,10-11H,5,9H2,1-4H3,(H,17,18). The summed E-state index contributed by atoms with van der Waals surface area (Å²) in [5, 5.41) is 9.21. The fourth-order valence-electron chi connectivity index (χ4n) is 1.81. The van der Waals surface area contributed by atoms with Gasteiger partial charge in [-0.1, -0.05) is 19.1 Å². The third kappa shape index (κ3) is 3.47. The third-order valence-electron chi connectivity index (χ3n) is 3.12. The molecule has 0 bridgehead atoms. The quantitative estimate of drug-likeness (QED) is 0.872. The van der Waals surface area contributed by atoms with Crippen LogP contribution in [0.15, 0.2) is 24.3 Å². The van der Waals surface area contributed by atoms with Gasteiger partial charge in [-0.2, -0.15) is 0 Å². The molecule has 100 valence electrons. The molecule has 4 heteroatoms. The Balaban J connectivity index is 3.02. The van der Waals surface area contributed by atoms with E-state index in [0.29, 0.717) is 6.54 Å². The number of carboxylic acid groups (broad SMARTS) is 1. The van der Waals surface area contributed by atoms with Crippen LogP contribution in [-0.4, -0.2) is 36.7 Å². The number of anilines is 1. The number of amides is 1. The summed E-state index contributed by atoms with van der Waals surface area (Å²) in [5.74, 6) is 0. The molecule has 1 aromatic carbocycles. The first-order chi connectivity index (χ1) is 8.47. The van der Waals surface area contributed by atoms with Gasteiger partial charge < -0.3 is 10.0 Å². The molecule has 0 aromatic heterocycles. The normalized spacial score (nSPS) is 12.5. The van der Waals surface area contributed by atoms with E-state index in [-0.39, 0.29) is 6.04 Å². The molecule has 4 nitrogen and oxygen atoms in total. The van der Waals surface area contributed by atoms with Crippen molar-refractivity contribution in [1.29, 1.82) is 0 Å². The van der Waals surface area contributed by atoms with Crippen LogP contribution in [0, 0.1) is 0 Å². The minimum absolute atomic E-state index is 0.266. The Hall–Kier alpha value is -1.55. The van der Waals surface area contributed by atoms with E-state index in [1.807, 2.05) is 45.3 Å². The van der Waals surface area contributed by atoms with Gasteiger partial charge in [0.1, 0.15) is 0 Å². The van der Waals surface area contributed by atoms with Crippen LogP contribution in [0.2, 0.25) is 0 Å². The third-order valence-corrected chi connectivity index (χ3v) is 3.12. The molecule has 0 saturated heterocycles. The Labute approximate surface area is 109 Å². The zero-order valence-corrected chi connectivity index (χ0v) is 11.6. The molecule has 0 saturated carbocycles. The Morgan fingerprint density at radius 1 is 1.39 bits per heavy atom. The Morgan fingerprint density at radius 3 is 2.56 bits per heavy atom. The van der Waals surface area contributed by atoms with Crippen LogP contribution in [0.1, 0.15) is 31.9 Å². The highest BCUT2D eigenvalue weighted by atomic mass is 16.4. The summed E-state index contributed by atoms with van der Waals surface area (Å²) >= 11 is 0. The summed E-state index contributed by atoms with van der Waals surface area (Å²) < 4.78 is 0. The Kier molecular flexibility index (Phi) is 5.16. The number of benzene rings is 1. The van der Waals surface area contributed by atoms with Crippen molar-refractivity contribution >= 4 is 11.8 Å². The van der Waals surface area contributed by atoms with Gasteiger partial charge in [0.25, 0.3) is 0 Å². The van der Waals surface area contributed by atoms with Crippen LogP contribution >= 0.6 is 0 Å². The van der Waals surface area contributed by atoms with Crippen LogP contribution in [0.5, 0.6) is 0 Å². The van der Waals surface area contributed by atoms with Gasteiger partial charge in [-0.3, -0.25) is 4.90 Å². The average molecular weight is 250 g/mol. The maximum absolute atomic E-state index is 11.2. The van der Waals surface area contributed by atoms with Crippen molar-refractivity contribution in [1.82, 2.24) is 4.90 Å². The van der Waals surface area contributed by atoms with Crippen molar-refractivity contribution in [2.75, 3.05) is 25.5 Å². The molecule has 18 heavy (non-hydrogen) atoms. The molecule has 0 fully saturated rings. The van der Waals surface area contributed by atoms with Crippen LogP contribution in [0.3, 0.4) is 0 Å². The molecule has 0 aliphatic rings. The minimum atomic E-state index is -0.897. The van der Waals surface area contributed by atoms with Gasteiger partial charge in [-0.05, 0) is 45.1 Å². The van der Waals surface area contributed by atoms with Gasteiger partial charge >= 0.3 is 6.09 Å². The van der Waals surface area contributed by atoms with E-state index in [4.69, 9.17) is 0 Å². The van der Waals surface area contributed by atoms with Crippen molar-refractivity contribution in [2.45, 2.75) is 26.3 Å². The maximum atomic E-state index is 11.2. The molecule has 0 spiro atoms. The number of nitrogens with zero attached hydrogens (tertiary/aromatic N) is 2. The monoisotopic (exact) mass is 250 g/mol. The van der Waals surface area contributed by atoms with Gasteiger partial charge in [-0.15, -0.1) is 0 Å². The second kappa shape index (κ2) is 6.40. The highest BCUT2D eigenvalue weighted by Crippen LogP contribution is 2.23. The SMILES string of the molecule is CCCN(C(=O)O)c1cccc(C(C)N(C)C)c1. The molecular formula is C14H22N2O2. The predicted octanol–water partition coefficient (Wildman–Crippen LogP) is 3.20. The highest BCUT2D eigenvalue weighted by Gasteiger charge is 2.15. The first-order valence-electron chi connectivity index (χ1n) is 6.24. The fraction of sp³-hybridized carbons (Fsp3) is 0.500. The Bertz CT molecular complexity index is 405. The van der Waals surface area contributed by atoms with Crippen molar-refractivity contribution in [2.24, 2.45) is 0 Å². The van der Waals surface area contributed by atoms with Crippen LogP contribution in [-0.2, 0) is 0 Å². The van der Waals surface area contributed by atoms with Crippen molar-refractivity contribution < 1.29 is 9.90 Å². The van der Waals surface area contributed by atoms with Gasteiger partial charge in [0.2, 0.25) is 0 Å². The molecule has 0 heterocycles. The van der Waals surface area contributed by atoms with Crippen LogP contribution in [0.25, 0.3) is 0 Å². The zero-order valence-electron chi connectivity index (χ0n) is 11.6. The van der Waals surface area contributed by atoms with E-state index in [9.17, 15) is 9.90 Å². The number of hydrogen-bond acceptors (Lipinski definition) is 2. The second-order valence-corrected chi connectivity index (χ2v) is 4.67. The summed E-state index contributed by atoms with van der Waals surface area (Å²) in [6, 6.07) is 8.00. The first-order valence-corrected chi connectivity index (χ1v) is 6.24. The fourth-order valence-corrected chi connectivity index (χ4v) is 1.81. The molecule has 0 aliphatic carbocycles. The molecule has 1 atom stereocenters. The molecule has 1 amide bonds. The van der Waals surface area contributed by atoms with Crippen LogP contribution < -0.4 is 4.90 Å². The first kappa shape index (κ1) is 14.5. The summed E-state index contributed by atoms with van der Waals surface area (Å²) in [6.45, 7) is 4.60. The van der Waals surface area contributed by atoms with Gasteiger partial charge in [0.15, 0.2) is 0 Å². The Morgan fingerprint density at radius 2 is 2.06 bits per heavy atom. The smallest absolute Gasteiger partial charge is 0.411 e. The van der Waals surface area contributed by atoms with Crippen molar-refractivity contribution in [3.05, 3.63) is 29.8 Å². The minimum Gasteiger partial charge on any atom is -0.465 e. The van der Waals surface area contributed by atoms with E-state index < -0.39 is 6.09 Å². The lowest BCUT2D eigenvalue weighted by atomic mass is 10.1. The summed E-state index contributed by atoms with van der Waals surface area (Å²) in [6.07, 6.45) is -0.0914. The summed E-state index contributed by atoms with van der Waals surface area (Å²) in [7, 11) is 4.02. The molecule has 1 N–H and O–H groups in total. The predicted molar refractivity (Wildman–Crippen MR) is 74.2 cm³/mol. The lowest BCUT2D eigenvalue weighted by Crippen LogP contribution is -2.30.